The van der Waals surface area contributed by atoms with Crippen LogP contribution in [0.2, 0.25) is 0 Å². The summed E-state index contributed by atoms with van der Waals surface area (Å²) in [5, 5.41) is 2.38. The Morgan fingerprint density at radius 1 is 1.32 bits per heavy atom. The summed E-state index contributed by atoms with van der Waals surface area (Å²) < 4.78 is 42.0. The first-order valence-electron chi connectivity index (χ1n) is 5.97. The lowest BCUT2D eigenvalue weighted by Crippen LogP contribution is -2.20. The molecule has 0 heterocycles. The van der Waals surface area contributed by atoms with E-state index in [2.05, 4.69) is 5.32 Å². The number of hydrogen-bond acceptors (Lipinski definition) is 2. The first-order valence-corrected chi connectivity index (χ1v) is 5.97. The number of ether oxygens (including phenoxy) is 1. The Morgan fingerprint density at radius 3 is 2.37 bits per heavy atom. The second kappa shape index (κ2) is 6.45. The first-order chi connectivity index (χ1) is 8.82. The highest BCUT2D eigenvalue weighted by molar-refractivity contribution is 5.84. The van der Waals surface area contributed by atoms with Gasteiger partial charge in [-0.3, -0.25) is 5.32 Å². The third kappa shape index (κ3) is 5.19. The molecule has 3 nitrogen and oxygen atoms in total. The van der Waals surface area contributed by atoms with Gasteiger partial charge in [0.15, 0.2) is 0 Å². The van der Waals surface area contributed by atoms with E-state index in [4.69, 9.17) is 4.74 Å². The maximum absolute atomic E-state index is 12.3. The van der Waals surface area contributed by atoms with E-state index in [1.165, 1.54) is 12.1 Å². The molecule has 1 atom stereocenters. The van der Waals surface area contributed by atoms with Crippen molar-refractivity contribution in [1.29, 1.82) is 0 Å². The standard InChI is InChI=1S/C13H16F3NO2/c1-3-4-9(2)19-12(18)17-11-7-5-10(6-8-11)13(14,15)16/h5-9H,3-4H2,1-2H3,(H,17,18). The molecular formula is C13H16F3NO2. The van der Waals surface area contributed by atoms with Crippen LogP contribution in [0.4, 0.5) is 23.7 Å². The van der Waals surface area contributed by atoms with Crippen LogP contribution in [0.5, 0.6) is 0 Å². The summed E-state index contributed by atoms with van der Waals surface area (Å²) >= 11 is 0. The third-order valence-corrected chi connectivity index (χ3v) is 2.46. The molecule has 0 aromatic heterocycles. The number of hydrogen-bond donors (Lipinski definition) is 1. The number of carbonyl (C=O) groups excluding carboxylic acids is 1. The minimum absolute atomic E-state index is 0.223. The maximum atomic E-state index is 12.3. The molecule has 1 N–H and O–H groups in total. The summed E-state index contributed by atoms with van der Waals surface area (Å²) in [7, 11) is 0. The smallest absolute Gasteiger partial charge is 0.416 e. The molecule has 0 bridgehead atoms. The average Bonchev–Trinajstić information content (AvgIpc) is 2.28. The minimum Gasteiger partial charge on any atom is -0.446 e. The number of rotatable bonds is 4. The molecule has 19 heavy (non-hydrogen) atoms. The number of carbonyl (C=O) groups is 1. The lowest BCUT2D eigenvalue weighted by atomic mass is 10.2. The quantitative estimate of drug-likeness (QED) is 0.882. The van der Waals surface area contributed by atoms with Gasteiger partial charge < -0.3 is 4.74 Å². The van der Waals surface area contributed by atoms with Crippen molar-refractivity contribution in [3.05, 3.63) is 29.8 Å². The highest BCUT2D eigenvalue weighted by Gasteiger charge is 2.29. The largest absolute Gasteiger partial charge is 0.446 e. The fraction of sp³-hybridized carbons (Fsp3) is 0.462. The van der Waals surface area contributed by atoms with Gasteiger partial charge in [0.2, 0.25) is 0 Å². The van der Waals surface area contributed by atoms with Crippen LogP contribution in [0.25, 0.3) is 0 Å². The van der Waals surface area contributed by atoms with Crippen LogP contribution in [0, 0.1) is 0 Å². The second-order valence-electron chi connectivity index (χ2n) is 4.20. The topological polar surface area (TPSA) is 38.3 Å². The Kier molecular flexibility index (Phi) is 5.20. The summed E-state index contributed by atoms with van der Waals surface area (Å²) in [5.74, 6) is 0. The Balaban J connectivity index is 2.56. The van der Waals surface area contributed by atoms with Gasteiger partial charge in [-0.1, -0.05) is 13.3 Å². The SMILES string of the molecule is CCCC(C)OC(=O)Nc1ccc(C(F)(F)F)cc1. The zero-order valence-corrected chi connectivity index (χ0v) is 10.8. The molecule has 6 heteroatoms. The van der Waals surface area contributed by atoms with Gasteiger partial charge in [0.05, 0.1) is 5.56 Å². The molecule has 1 aromatic rings. The zero-order valence-electron chi connectivity index (χ0n) is 10.8. The van der Waals surface area contributed by atoms with Gasteiger partial charge in [-0.25, -0.2) is 4.79 Å². The lowest BCUT2D eigenvalue weighted by Gasteiger charge is -2.13. The van der Waals surface area contributed by atoms with Crippen molar-refractivity contribution in [2.24, 2.45) is 0 Å². The number of halogens is 3. The fourth-order valence-corrected chi connectivity index (χ4v) is 1.54. The summed E-state index contributed by atoms with van der Waals surface area (Å²) in [6.07, 6.45) is -3.65. The molecule has 1 aromatic carbocycles. The van der Waals surface area contributed by atoms with Crippen molar-refractivity contribution < 1.29 is 22.7 Å². The predicted molar refractivity (Wildman–Crippen MR) is 65.9 cm³/mol. The van der Waals surface area contributed by atoms with Gasteiger partial charge in [0.1, 0.15) is 6.10 Å². The highest BCUT2D eigenvalue weighted by Crippen LogP contribution is 2.29. The molecule has 0 spiro atoms. The molecule has 1 rings (SSSR count). The summed E-state index contributed by atoms with van der Waals surface area (Å²) in [6.45, 7) is 3.73. The third-order valence-electron chi connectivity index (χ3n) is 2.46. The Bertz CT molecular complexity index is 415. The maximum Gasteiger partial charge on any atom is 0.416 e. The van der Waals surface area contributed by atoms with Crippen LogP contribution in [0.3, 0.4) is 0 Å². The molecule has 0 aliphatic heterocycles. The number of anilines is 1. The molecular weight excluding hydrogens is 259 g/mol. The van der Waals surface area contributed by atoms with Gasteiger partial charge in [0.25, 0.3) is 0 Å². The Hall–Kier alpha value is -1.72. The van der Waals surface area contributed by atoms with E-state index in [0.717, 1.165) is 25.0 Å². The normalized spacial score (nSPS) is 12.9. The summed E-state index contributed by atoms with van der Waals surface area (Å²) in [5.41, 5.74) is -0.493. The molecule has 0 fully saturated rings. The number of benzene rings is 1. The van der Waals surface area contributed by atoms with Crippen molar-refractivity contribution in [3.63, 3.8) is 0 Å². The minimum atomic E-state index is -4.38. The van der Waals surface area contributed by atoms with Gasteiger partial charge in [0, 0.05) is 5.69 Å². The molecule has 1 amide bonds. The Labute approximate surface area is 109 Å². The monoisotopic (exact) mass is 275 g/mol. The predicted octanol–water partition coefficient (Wildman–Crippen LogP) is 4.44. The molecule has 0 radical (unpaired) electrons. The highest BCUT2D eigenvalue weighted by atomic mass is 19.4. The number of alkyl halides is 3. The van der Waals surface area contributed by atoms with Crippen molar-refractivity contribution in [2.75, 3.05) is 5.32 Å². The van der Waals surface area contributed by atoms with E-state index in [1.54, 1.807) is 6.92 Å². The van der Waals surface area contributed by atoms with Crippen LogP contribution in [-0.2, 0) is 10.9 Å². The van der Waals surface area contributed by atoms with Crippen molar-refractivity contribution in [2.45, 2.75) is 39.0 Å². The second-order valence-corrected chi connectivity index (χ2v) is 4.20. The Morgan fingerprint density at radius 2 is 1.89 bits per heavy atom. The molecule has 0 aliphatic rings. The van der Waals surface area contributed by atoms with E-state index in [1.807, 2.05) is 6.92 Å². The molecule has 0 aliphatic carbocycles. The van der Waals surface area contributed by atoms with Gasteiger partial charge in [-0.05, 0) is 37.6 Å². The summed E-state index contributed by atoms with van der Waals surface area (Å²) in [4.78, 5) is 11.4. The average molecular weight is 275 g/mol. The number of nitrogens with one attached hydrogen (secondary N) is 1. The van der Waals surface area contributed by atoms with Crippen molar-refractivity contribution >= 4 is 11.8 Å². The molecule has 0 saturated carbocycles. The van der Waals surface area contributed by atoms with Gasteiger partial charge in [-0.2, -0.15) is 13.2 Å². The van der Waals surface area contributed by atoms with Crippen LogP contribution in [0.15, 0.2) is 24.3 Å². The van der Waals surface area contributed by atoms with Crippen LogP contribution in [0.1, 0.15) is 32.3 Å². The first kappa shape index (κ1) is 15.3. The van der Waals surface area contributed by atoms with Crippen LogP contribution in [-0.4, -0.2) is 12.2 Å². The van der Waals surface area contributed by atoms with Crippen LogP contribution < -0.4 is 5.32 Å². The lowest BCUT2D eigenvalue weighted by molar-refractivity contribution is -0.137. The van der Waals surface area contributed by atoms with E-state index >= 15 is 0 Å². The molecule has 1 unspecified atom stereocenters. The van der Waals surface area contributed by atoms with E-state index < -0.39 is 17.8 Å². The molecule has 106 valence electrons. The van der Waals surface area contributed by atoms with E-state index in [-0.39, 0.29) is 11.8 Å². The molecule has 0 saturated heterocycles. The van der Waals surface area contributed by atoms with Gasteiger partial charge in [-0.15, -0.1) is 0 Å². The van der Waals surface area contributed by atoms with E-state index in [0.29, 0.717) is 0 Å². The van der Waals surface area contributed by atoms with Gasteiger partial charge >= 0.3 is 12.3 Å². The van der Waals surface area contributed by atoms with E-state index in [9.17, 15) is 18.0 Å². The fourth-order valence-electron chi connectivity index (χ4n) is 1.54. The van der Waals surface area contributed by atoms with Crippen LogP contribution >= 0.6 is 0 Å². The number of amides is 1. The summed E-state index contributed by atoms with van der Waals surface area (Å²) in [6, 6.07) is 4.19. The van der Waals surface area contributed by atoms with Crippen molar-refractivity contribution in [3.8, 4) is 0 Å². The zero-order chi connectivity index (χ0) is 14.5. The van der Waals surface area contributed by atoms with Crippen molar-refractivity contribution in [1.82, 2.24) is 0 Å².